The lowest BCUT2D eigenvalue weighted by Crippen LogP contribution is -2.12. The Balaban J connectivity index is 2.93. The maximum atomic E-state index is 12.0. The maximum absolute atomic E-state index is 12.0. The van der Waals surface area contributed by atoms with E-state index in [1.54, 1.807) is 0 Å². The van der Waals surface area contributed by atoms with Crippen molar-refractivity contribution in [3.63, 3.8) is 0 Å². The average molecular weight is 211 g/mol. The van der Waals surface area contributed by atoms with E-state index in [2.05, 4.69) is 18.8 Å². The zero-order chi connectivity index (χ0) is 10.7. The molecule has 14 heavy (non-hydrogen) atoms. The Hall–Kier alpha value is -0.700. The van der Waals surface area contributed by atoms with Crippen molar-refractivity contribution >= 4 is 17.1 Å². The smallest absolute Gasteiger partial charge is 0.177 e. The number of hydrogen-bond acceptors (Lipinski definition) is 3. The fraction of sp³-hybridized carbons (Fsp3) is 0.636. The first-order valence-electron chi connectivity index (χ1n) is 5.08. The first-order chi connectivity index (χ1) is 6.60. The van der Waals surface area contributed by atoms with Crippen molar-refractivity contribution in [3.8, 4) is 0 Å². The second-order valence-electron chi connectivity index (χ2n) is 3.53. The van der Waals surface area contributed by atoms with Crippen molar-refractivity contribution in [3.05, 3.63) is 15.6 Å². The van der Waals surface area contributed by atoms with Crippen LogP contribution in [0.1, 0.15) is 47.1 Å². The van der Waals surface area contributed by atoms with E-state index < -0.39 is 0 Å². The molecule has 0 unspecified atom stereocenters. The van der Waals surface area contributed by atoms with Crippen LogP contribution in [0.5, 0.6) is 0 Å². The number of Topliss-reactive ketones (excluding diaryl/α,β-unsaturated/α-hetero) is 1. The molecule has 0 radical (unpaired) electrons. The Morgan fingerprint density at radius 2 is 1.93 bits per heavy atom. The highest BCUT2D eigenvalue weighted by molar-refractivity contribution is 7.13. The van der Waals surface area contributed by atoms with Crippen LogP contribution in [0, 0.1) is 19.8 Å². The molecule has 0 aliphatic heterocycles. The van der Waals surface area contributed by atoms with Crippen LogP contribution in [0.2, 0.25) is 0 Å². The van der Waals surface area contributed by atoms with Gasteiger partial charge in [-0.25, -0.2) is 4.98 Å². The van der Waals surface area contributed by atoms with Gasteiger partial charge in [0.05, 0.1) is 15.6 Å². The second kappa shape index (κ2) is 4.69. The SMILES string of the molecule is CCC(CC)C(=O)c1sc(C)nc1C. The van der Waals surface area contributed by atoms with Crippen LogP contribution < -0.4 is 0 Å². The van der Waals surface area contributed by atoms with Gasteiger partial charge in [-0.05, 0) is 26.7 Å². The van der Waals surface area contributed by atoms with Crippen molar-refractivity contribution in [1.82, 2.24) is 4.98 Å². The van der Waals surface area contributed by atoms with E-state index >= 15 is 0 Å². The van der Waals surface area contributed by atoms with E-state index in [1.807, 2.05) is 13.8 Å². The summed E-state index contributed by atoms with van der Waals surface area (Å²) in [6, 6.07) is 0. The highest BCUT2D eigenvalue weighted by atomic mass is 32.1. The molecule has 0 aromatic carbocycles. The van der Waals surface area contributed by atoms with Crippen LogP contribution in [-0.4, -0.2) is 10.8 Å². The molecule has 2 nitrogen and oxygen atoms in total. The first-order valence-corrected chi connectivity index (χ1v) is 5.90. The lowest BCUT2D eigenvalue weighted by molar-refractivity contribution is 0.0917. The van der Waals surface area contributed by atoms with Crippen molar-refractivity contribution in [2.45, 2.75) is 40.5 Å². The van der Waals surface area contributed by atoms with E-state index in [0.717, 1.165) is 28.4 Å². The molecule has 0 fully saturated rings. The molecule has 0 spiro atoms. The number of rotatable bonds is 4. The summed E-state index contributed by atoms with van der Waals surface area (Å²) in [5.41, 5.74) is 0.893. The number of thiazole rings is 1. The van der Waals surface area contributed by atoms with Crippen LogP contribution in [0.3, 0.4) is 0 Å². The molecule has 1 aromatic heterocycles. The van der Waals surface area contributed by atoms with E-state index in [4.69, 9.17) is 0 Å². The maximum Gasteiger partial charge on any atom is 0.177 e. The van der Waals surface area contributed by atoms with E-state index in [1.165, 1.54) is 11.3 Å². The molecule has 0 saturated carbocycles. The summed E-state index contributed by atoms with van der Waals surface area (Å²) in [6.45, 7) is 7.99. The van der Waals surface area contributed by atoms with E-state index in [-0.39, 0.29) is 11.7 Å². The Morgan fingerprint density at radius 3 is 2.29 bits per heavy atom. The average Bonchev–Trinajstić information content (AvgIpc) is 2.47. The molecule has 0 amide bonds. The van der Waals surface area contributed by atoms with Gasteiger partial charge in [0.1, 0.15) is 0 Å². The molecule has 1 rings (SSSR count). The summed E-state index contributed by atoms with van der Waals surface area (Å²) < 4.78 is 0. The molecule has 1 aromatic rings. The predicted octanol–water partition coefficient (Wildman–Crippen LogP) is 3.38. The standard InChI is InChI=1S/C11H17NOS/c1-5-9(6-2)10(13)11-7(3)12-8(4)14-11/h9H,5-6H2,1-4H3. The van der Waals surface area contributed by atoms with Gasteiger partial charge in [0.2, 0.25) is 0 Å². The summed E-state index contributed by atoms with van der Waals surface area (Å²) >= 11 is 1.52. The fourth-order valence-electron chi connectivity index (χ4n) is 1.60. The van der Waals surface area contributed by atoms with Crippen LogP contribution >= 0.6 is 11.3 Å². The third kappa shape index (κ3) is 2.21. The van der Waals surface area contributed by atoms with Crippen LogP contribution in [0.15, 0.2) is 0 Å². The molecule has 0 saturated heterocycles. The summed E-state index contributed by atoms with van der Waals surface area (Å²) in [4.78, 5) is 17.1. The number of carbonyl (C=O) groups is 1. The third-order valence-corrected chi connectivity index (χ3v) is 3.57. The number of nitrogens with zero attached hydrogens (tertiary/aromatic N) is 1. The Bertz CT molecular complexity index is 326. The fourth-order valence-corrected chi connectivity index (χ4v) is 2.54. The zero-order valence-corrected chi connectivity index (χ0v) is 10.1. The van der Waals surface area contributed by atoms with Crippen LogP contribution in [0.4, 0.5) is 0 Å². The van der Waals surface area contributed by atoms with Gasteiger partial charge in [-0.3, -0.25) is 4.79 Å². The van der Waals surface area contributed by atoms with Crippen LogP contribution in [0.25, 0.3) is 0 Å². The minimum atomic E-state index is 0.175. The quantitative estimate of drug-likeness (QED) is 0.715. The van der Waals surface area contributed by atoms with Gasteiger partial charge in [-0.1, -0.05) is 13.8 Å². The van der Waals surface area contributed by atoms with Crippen molar-refractivity contribution in [2.24, 2.45) is 5.92 Å². The van der Waals surface area contributed by atoms with Crippen LogP contribution in [-0.2, 0) is 0 Å². The zero-order valence-electron chi connectivity index (χ0n) is 9.26. The molecule has 0 aliphatic carbocycles. The number of ketones is 1. The lowest BCUT2D eigenvalue weighted by atomic mass is 9.97. The Labute approximate surface area is 89.4 Å². The lowest BCUT2D eigenvalue weighted by Gasteiger charge is -2.09. The topological polar surface area (TPSA) is 30.0 Å². The van der Waals surface area contributed by atoms with Gasteiger partial charge < -0.3 is 0 Å². The molecule has 1 heterocycles. The van der Waals surface area contributed by atoms with Gasteiger partial charge in [0.25, 0.3) is 0 Å². The van der Waals surface area contributed by atoms with E-state index in [9.17, 15) is 4.79 Å². The van der Waals surface area contributed by atoms with Gasteiger partial charge in [0.15, 0.2) is 5.78 Å². The Morgan fingerprint density at radius 1 is 1.36 bits per heavy atom. The molecular weight excluding hydrogens is 194 g/mol. The summed E-state index contributed by atoms with van der Waals surface area (Å²) in [7, 11) is 0. The monoisotopic (exact) mass is 211 g/mol. The van der Waals surface area contributed by atoms with Gasteiger partial charge in [-0.15, -0.1) is 11.3 Å². The third-order valence-electron chi connectivity index (χ3n) is 2.48. The predicted molar refractivity (Wildman–Crippen MR) is 60.0 cm³/mol. The number of aromatic nitrogens is 1. The van der Waals surface area contributed by atoms with Crippen molar-refractivity contribution in [1.29, 1.82) is 0 Å². The van der Waals surface area contributed by atoms with Gasteiger partial charge >= 0.3 is 0 Å². The highest BCUT2D eigenvalue weighted by Crippen LogP contribution is 2.23. The number of carbonyl (C=O) groups excluding carboxylic acids is 1. The molecular formula is C11H17NOS. The van der Waals surface area contributed by atoms with Gasteiger partial charge in [-0.2, -0.15) is 0 Å². The van der Waals surface area contributed by atoms with Gasteiger partial charge in [0, 0.05) is 5.92 Å². The minimum absolute atomic E-state index is 0.175. The van der Waals surface area contributed by atoms with E-state index in [0.29, 0.717) is 0 Å². The number of aryl methyl sites for hydroxylation is 2. The summed E-state index contributed by atoms with van der Waals surface area (Å²) in [5.74, 6) is 0.451. The highest BCUT2D eigenvalue weighted by Gasteiger charge is 2.20. The van der Waals surface area contributed by atoms with Crippen molar-refractivity contribution < 1.29 is 4.79 Å². The summed E-state index contributed by atoms with van der Waals surface area (Å²) in [6.07, 6.45) is 1.84. The molecule has 0 aliphatic rings. The largest absolute Gasteiger partial charge is 0.293 e. The summed E-state index contributed by atoms with van der Waals surface area (Å²) in [5, 5.41) is 0.983. The molecule has 0 bridgehead atoms. The normalized spacial score (nSPS) is 10.9. The minimum Gasteiger partial charge on any atom is -0.293 e. The number of hydrogen-bond donors (Lipinski definition) is 0. The first kappa shape index (κ1) is 11.4. The molecule has 0 N–H and O–H groups in total. The molecule has 3 heteroatoms. The Kier molecular flexibility index (Phi) is 3.81. The van der Waals surface area contributed by atoms with Crippen molar-refractivity contribution in [2.75, 3.05) is 0 Å². The second-order valence-corrected chi connectivity index (χ2v) is 4.73. The molecule has 0 atom stereocenters. The molecule has 78 valence electrons.